The molecule has 1 rings (SSSR count). The lowest BCUT2D eigenvalue weighted by atomic mass is 9.95. The first-order chi connectivity index (χ1) is 8.56. The van der Waals surface area contributed by atoms with Gasteiger partial charge in [0.25, 0.3) is 0 Å². The van der Waals surface area contributed by atoms with Crippen LogP contribution < -0.4 is 5.32 Å². The predicted octanol–water partition coefficient (Wildman–Crippen LogP) is 3.06. The van der Waals surface area contributed by atoms with Crippen molar-refractivity contribution >= 4 is 11.9 Å². The van der Waals surface area contributed by atoms with Gasteiger partial charge >= 0.3 is 6.09 Å². The van der Waals surface area contributed by atoms with Crippen LogP contribution in [0.5, 0.6) is 0 Å². The number of carbonyl (C=O) groups excluding carboxylic acids is 1. The summed E-state index contributed by atoms with van der Waals surface area (Å²) in [7, 11) is 0. The minimum atomic E-state index is -1.17. The Morgan fingerprint density at radius 3 is 2.56 bits per heavy atom. The number of ketones is 1. The van der Waals surface area contributed by atoms with Gasteiger partial charge in [-0.25, -0.2) is 4.79 Å². The maximum Gasteiger partial charge on any atom is 0.405 e. The fourth-order valence-electron chi connectivity index (χ4n) is 1.86. The second kappa shape index (κ2) is 6.79. The molecule has 0 aromatic heterocycles. The summed E-state index contributed by atoms with van der Waals surface area (Å²) in [6, 6.07) is 6.59. The van der Waals surface area contributed by atoms with E-state index >= 15 is 0 Å². The van der Waals surface area contributed by atoms with Crippen LogP contribution in [0.25, 0.3) is 0 Å². The summed E-state index contributed by atoms with van der Waals surface area (Å²) in [5, 5.41) is 11.2. The van der Waals surface area contributed by atoms with Crippen LogP contribution in [-0.4, -0.2) is 17.0 Å². The number of rotatable bonds is 6. The van der Waals surface area contributed by atoms with Crippen molar-refractivity contribution in [3.8, 4) is 0 Å². The Balaban J connectivity index is 2.94. The lowest BCUT2D eigenvalue weighted by molar-refractivity contribution is -0.121. The van der Waals surface area contributed by atoms with Crippen LogP contribution in [-0.2, 0) is 4.79 Å². The number of nitrogens with one attached hydrogen (secondary N) is 1. The summed E-state index contributed by atoms with van der Waals surface area (Å²) in [6.07, 6.45) is 0.922. The van der Waals surface area contributed by atoms with E-state index in [9.17, 15) is 9.59 Å². The van der Waals surface area contributed by atoms with E-state index in [1.807, 2.05) is 32.0 Å². The SMILES string of the molecule is CCCCC(=O)C(NC(=O)O)c1ccccc1C. The molecule has 1 aromatic carbocycles. The first-order valence-electron chi connectivity index (χ1n) is 6.14. The van der Waals surface area contributed by atoms with Crippen LogP contribution in [0.1, 0.15) is 43.4 Å². The van der Waals surface area contributed by atoms with Crippen LogP contribution in [0.2, 0.25) is 0 Å². The van der Waals surface area contributed by atoms with E-state index in [-0.39, 0.29) is 5.78 Å². The average molecular weight is 249 g/mol. The molecule has 0 aliphatic carbocycles. The molecule has 1 unspecified atom stereocenters. The van der Waals surface area contributed by atoms with Gasteiger partial charge in [0.05, 0.1) is 0 Å². The minimum absolute atomic E-state index is 0.0754. The molecule has 1 atom stereocenters. The molecule has 98 valence electrons. The molecule has 0 aliphatic heterocycles. The Hall–Kier alpha value is -1.84. The maximum atomic E-state index is 12.1. The van der Waals surface area contributed by atoms with E-state index in [1.165, 1.54) is 0 Å². The highest BCUT2D eigenvalue weighted by Gasteiger charge is 2.22. The van der Waals surface area contributed by atoms with E-state index in [2.05, 4.69) is 5.32 Å². The summed E-state index contributed by atoms with van der Waals surface area (Å²) in [4.78, 5) is 22.9. The molecule has 1 aromatic rings. The molecule has 0 spiro atoms. The van der Waals surface area contributed by atoms with Crippen molar-refractivity contribution in [1.29, 1.82) is 0 Å². The maximum absolute atomic E-state index is 12.1. The normalized spacial score (nSPS) is 11.9. The van der Waals surface area contributed by atoms with E-state index in [0.29, 0.717) is 6.42 Å². The molecule has 2 N–H and O–H groups in total. The lowest BCUT2D eigenvalue weighted by Crippen LogP contribution is -2.33. The molecule has 0 saturated carbocycles. The molecule has 1 amide bonds. The number of amides is 1. The number of aryl methyl sites for hydroxylation is 1. The van der Waals surface area contributed by atoms with Crippen LogP contribution in [0.3, 0.4) is 0 Å². The average Bonchev–Trinajstić information content (AvgIpc) is 2.34. The number of unbranched alkanes of at least 4 members (excludes halogenated alkanes) is 1. The fraction of sp³-hybridized carbons (Fsp3) is 0.429. The summed E-state index contributed by atoms with van der Waals surface area (Å²) < 4.78 is 0. The molecule has 0 bridgehead atoms. The number of benzene rings is 1. The molecule has 18 heavy (non-hydrogen) atoms. The second-order valence-electron chi connectivity index (χ2n) is 4.31. The monoisotopic (exact) mass is 249 g/mol. The second-order valence-corrected chi connectivity index (χ2v) is 4.31. The molecule has 4 heteroatoms. The van der Waals surface area contributed by atoms with Gasteiger partial charge in [-0.2, -0.15) is 0 Å². The summed E-state index contributed by atoms with van der Waals surface area (Å²) in [6.45, 7) is 3.87. The zero-order chi connectivity index (χ0) is 13.5. The third-order valence-corrected chi connectivity index (χ3v) is 2.87. The van der Waals surface area contributed by atoms with Gasteiger partial charge in [-0.05, 0) is 24.5 Å². The topological polar surface area (TPSA) is 66.4 Å². The highest BCUT2D eigenvalue weighted by atomic mass is 16.4. The smallest absolute Gasteiger partial charge is 0.405 e. The first kappa shape index (κ1) is 14.2. The fourth-order valence-corrected chi connectivity index (χ4v) is 1.86. The standard InChI is InChI=1S/C14H19NO3/c1-3-4-9-12(16)13(15-14(17)18)11-8-6-5-7-10(11)2/h5-8,13,15H,3-4,9H2,1-2H3,(H,17,18). The zero-order valence-electron chi connectivity index (χ0n) is 10.8. The predicted molar refractivity (Wildman–Crippen MR) is 69.6 cm³/mol. The molecule has 0 heterocycles. The number of hydrogen-bond acceptors (Lipinski definition) is 2. The highest BCUT2D eigenvalue weighted by Crippen LogP contribution is 2.20. The van der Waals surface area contributed by atoms with Gasteiger partial charge in [0.1, 0.15) is 6.04 Å². The van der Waals surface area contributed by atoms with Crippen molar-refractivity contribution in [2.45, 2.75) is 39.2 Å². The number of carbonyl (C=O) groups is 2. The van der Waals surface area contributed by atoms with E-state index < -0.39 is 12.1 Å². The van der Waals surface area contributed by atoms with Crippen LogP contribution >= 0.6 is 0 Å². The van der Waals surface area contributed by atoms with Crippen LogP contribution in [0.15, 0.2) is 24.3 Å². The van der Waals surface area contributed by atoms with Gasteiger partial charge in [-0.1, -0.05) is 37.6 Å². The van der Waals surface area contributed by atoms with Gasteiger partial charge in [-0.15, -0.1) is 0 Å². The van der Waals surface area contributed by atoms with Crippen LogP contribution in [0, 0.1) is 6.92 Å². The van der Waals surface area contributed by atoms with Crippen LogP contribution in [0.4, 0.5) is 4.79 Å². The first-order valence-corrected chi connectivity index (χ1v) is 6.14. The lowest BCUT2D eigenvalue weighted by Gasteiger charge is -2.18. The molecule has 0 saturated heterocycles. The van der Waals surface area contributed by atoms with E-state index in [4.69, 9.17) is 5.11 Å². The molecular formula is C14H19NO3. The van der Waals surface area contributed by atoms with Gasteiger partial charge in [0.15, 0.2) is 5.78 Å². The zero-order valence-corrected chi connectivity index (χ0v) is 10.8. The van der Waals surface area contributed by atoms with Gasteiger partial charge in [0.2, 0.25) is 0 Å². The molecular weight excluding hydrogens is 230 g/mol. The van der Waals surface area contributed by atoms with Crippen molar-refractivity contribution in [3.63, 3.8) is 0 Å². The Bertz CT molecular complexity index is 429. The third-order valence-electron chi connectivity index (χ3n) is 2.87. The van der Waals surface area contributed by atoms with Crippen molar-refractivity contribution in [1.82, 2.24) is 5.32 Å². The molecule has 0 fully saturated rings. The Labute approximate surface area is 107 Å². The number of hydrogen-bond donors (Lipinski definition) is 2. The van der Waals surface area contributed by atoms with Crippen molar-refractivity contribution in [3.05, 3.63) is 35.4 Å². The number of carboxylic acid groups (broad SMARTS) is 1. The largest absolute Gasteiger partial charge is 0.465 e. The van der Waals surface area contributed by atoms with Gasteiger partial charge in [0, 0.05) is 6.42 Å². The molecule has 0 radical (unpaired) electrons. The van der Waals surface area contributed by atoms with E-state index in [0.717, 1.165) is 24.0 Å². The Kier molecular flexibility index (Phi) is 5.36. The molecule has 4 nitrogen and oxygen atoms in total. The molecule has 0 aliphatic rings. The summed E-state index contributed by atoms with van der Waals surface area (Å²) >= 11 is 0. The minimum Gasteiger partial charge on any atom is -0.465 e. The number of Topliss-reactive ketones (excluding diaryl/α,β-unsaturated/α-hetero) is 1. The quantitative estimate of drug-likeness (QED) is 0.814. The van der Waals surface area contributed by atoms with Gasteiger partial charge < -0.3 is 10.4 Å². The highest BCUT2D eigenvalue weighted by molar-refractivity contribution is 5.88. The van der Waals surface area contributed by atoms with Crippen molar-refractivity contribution in [2.75, 3.05) is 0 Å². The van der Waals surface area contributed by atoms with Gasteiger partial charge in [-0.3, -0.25) is 4.79 Å². The summed E-state index contributed by atoms with van der Waals surface area (Å²) in [5.41, 5.74) is 1.65. The van der Waals surface area contributed by atoms with Crippen molar-refractivity contribution in [2.24, 2.45) is 0 Å². The van der Waals surface area contributed by atoms with Crippen molar-refractivity contribution < 1.29 is 14.7 Å². The van der Waals surface area contributed by atoms with E-state index in [1.54, 1.807) is 6.07 Å². The summed E-state index contributed by atoms with van der Waals surface area (Å²) in [5.74, 6) is -0.0754. The third kappa shape index (κ3) is 3.87. The Morgan fingerprint density at radius 1 is 1.33 bits per heavy atom. The Morgan fingerprint density at radius 2 is 2.00 bits per heavy atom.